The number of hydrogen-bond acceptors (Lipinski definition) is 2. The van der Waals surface area contributed by atoms with Gasteiger partial charge in [0.1, 0.15) is 5.75 Å². The molecule has 0 unspecified atom stereocenters. The standard InChI is InChI=1S/C15H19NO2/c1-3-6-11(2)15(17)16-13-9-10-18-14-8-5-4-7-12(13)14/h4-8,13H,3,9-10H2,1-2H3,(H,16,17)/b11-6-/t13-/m1/s1. The second-order valence-electron chi connectivity index (χ2n) is 4.50. The lowest BCUT2D eigenvalue weighted by Gasteiger charge is -2.26. The summed E-state index contributed by atoms with van der Waals surface area (Å²) in [4.78, 5) is 12.0. The van der Waals surface area contributed by atoms with Crippen molar-refractivity contribution in [3.8, 4) is 5.75 Å². The van der Waals surface area contributed by atoms with E-state index in [-0.39, 0.29) is 11.9 Å². The molecule has 3 heteroatoms. The number of fused-ring (bicyclic) bond motifs is 1. The SMILES string of the molecule is CC/C=C(/C)C(=O)N[C@@H]1CCOc2ccccc21. The Balaban J connectivity index is 2.12. The second kappa shape index (κ2) is 5.71. The number of amides is 1. The second-order valence-corrected chi connectivity index (χ2v) is 4.50. The normalized spacial score (nSPS) is 18.8. The van der Waals surface area contributed by atoms with E-state index in [0.29, 0.717) is 6.61 Å². The van der Waals surface area contributed by atoms with Gasteiger partial charge in [0.15, 0.2) is 0 Å². The Morgan fingerprint density at radius 2 is 2.28 bits per heavy atom. The van der Waals surface area contributed by atoms with Crippen molar-refractivity contribution >= 4 is 5.91 Å². The maximum atomic E-state index is 12.0. The van der Waals surface area contributed by atoms with Crippen LogP contribution in [0.2, 0.25) is 0 Å². The summed E-state index contributed by atoms with van der Waals surface area (Å²) in [6, 6.07) is 7.94. The van der Waals surface area contributed by atoms with E-state index in [0.717, 1.165) is 29.7 Å². The van der Waals surface area contributed by atoms with Gasteiger partial charge in [0, 0.05) is 17.6 Å². The summed E-state index contributed by atoms with van der Waals surface area (Å²) in [5, 5.41) is 3.07. The van der Waals surface area contributed by atoms with Crippen LogP contribution in [0.1, 0.15) is 38.3 Å². The Morgan fingerprint density at radius 1 is 1.50 bits per heavy atom. The number of allylic oxidation sites excluding steroid dienone is 1. The summed E-state index contributed by atoms with van der Waals surface area (Å²) in [6.07, 6.45) is 3.65. The van der Waals surface area contributed by atoms with Crippen LogP contribution in [0, 0.1) is 0 Å². The van der Waals surface area contributed by atoms with Crippen molar-refractivity contribution in [3.63, 3.8) is 0 Å². The van der Waals surface area contributed by atoms with Crippen molar-refractivity contribution in [2.75, 3.05) is 6.61 Å². The molecule has 0 saturated carbocycles. The molecule has 0 fully saturated rings. The highest BCUT2D eigenvalue weighted by Gasteiger charge is 2.22. The van der Waals surface area contributed by atoms with E-state index in [9.17, 15) is 4.79 Å². The van der Waals surface area contributed by atoms with E-state index >= 15 is 0 Å². The van der Waals surface area contributed by atoms with Gasteiger partial charge in [0.25, 0.3) is 0 Å². The lowest BCUT2D eigenvalue weighted by molar-refractivity contribution is -0.118. The summed E-state index contributed by atoms with van der Waals surface area (Å²) in [6.45, 7) is 4.53. The topological polar surface area (TPSA) is 38.3 Å². The van der Waals surface area contributed by atoms with Gasteiger partial charge in [-0.25, -0.2) is 0 Å². The van der Waals surface area contributed by atoms with Crippen molar-refractivity contribution in [2.24, 2.45) is 0 Å². The smallest absolute Gasteiger partial charge is 0.247 e. The van der Waals surface area contributed by atoms with Crippen LogP contribution in [0.25, 0.3) is 0 Å². The van der Waals surface area contributed by atoms with Crippen LogP contribution in [0.15, 0.2) is 35.9 Å². The van der Waals surface area contributed by atoms with Gasteiger partial charge in [-0.3, -0.25) is 4.79 Å². The van der Waals surface area contributed by atoms with Crippen molar-refractivity contribution in [1.82, 2.24) is 5.32 Å². The van der Waals surface area contributed by atoms with Crippen molar-refractivity contribution in [1.29, 1.82) is 0 Å². The summed E-state index contributed by atoms with van der Waals surface area (Å²) in [5.74, 6) is 0.893. The Labute approximate surface area is 108 Å². The zero-order chi connectivity index (χ0) is 13.0. The van der Waals surface area contributed by atoms with Crippen LogP contribution < -0.4 is 10.1 Å². The van der Waals surface area contributed by atoms with E-state index in [1.165, 1.54) is 0 Å². The van der Waals surface area contributed by atoms with Crippen molar-refractivity contribution in [2.45, 2.75) is 32.7 Å². The molecule has 1 atom stereocenters. The highest BCUT2D eigenvalue weighted by molar-refractivity contribution is 5.93. The summed E-state index contributed by atoms with van der Waals surface area (Å²) < 4.78 is 5.58. The fourth-order valence-corrected chi connectivity index (χ4v) is 2.16. The Kier molecular flexibility index (Phi) is 4.03. The first-order chi connectivity index (χ1) is 8.72. The predicted octanol–water partition coefficient (Wildman–Crippen LogP) is 2.98. The summed E-state index contributed by atoms with van der Waals surface area (Å²) in [5.41, 5.74) is 1.85. The molecule has 2 rings (SSSR count). The van der Waals surface area contributed by atoms with Gasteiger partial charge >= 0.3 is 0 Å². The predicted molar refractivity (Wildman–Crippen MR) is 71.5 cm³/mol. The van der Waals surface area contributed by atoms with Gasteiger partial charge in [0.2, 0.25) is 5.91 Å². The maximum Gasteiger partial charge on any atom is 0.247 e. The van der Waals surface area contributed by atoms with E-state index in [4.69, 9.17) is 4.74 Å². The Bertz CT molecular complexity index is 465. The number of carbonyl (C=O) groups is 1. The van der Waals surface area contributed by atoms with Gasteiger partial charge in [-0.05, 0) is 19.4 Å². The lowest BCUT2D eigenvalue weighted by atomic mass is 10.00. The molecule has 3 nitrogen and oxygen atoms in total. The third-order valence-corrected chi connectivity index (χ3v) is 3.13. The molecule has 0 aromatic heterocycles. The molecule has 0 saturated heterocycles. The number of nitrogens with one attached hydrogen (secondary N) is 1. The molecule has 1 heterocycles. The molecule has 0 aliphatic carbocycles. The quantitative estimate of drug-likeness (QED) is 0.831. The number of rotatable bonds is 3. The first-order valence-electron chi connectivity index (χ1n) is 6.41. The molecule has 18 heavy (non-hydrogen) atoms. The fourth-order valence-electron chi connectivity index (χ4n) is 2.16. The minimum Gasteiger partial charge on any atom is -0.493 e. The minimum atomic E-state index is 0.0125. The van der Waals surface area contributed by atoms with Crippen LogP contribution in [0.4, 0.5) is 0 Å². The molecule has 0 bridgehead atoms. The van der Waals surface area contributed by atoms with Crippen molar-refractivity contribution < 1.29 is 9.53 Å². The van der Waals surface area contributed by atoms with Gasteiger partial charge in [0.05, 0.1) is 12.6 Å². The number of ether oxygens (including phenoxy) is 1. The molecule has 1 amide bonds. The van der Waals surface area contributed by atoms with Gasteiger partial charge < -0.3 is 10.1 Å². The molecule has 96 valence electrons. The highest BCUT2D eigenvalue weighted by Crippen LogP contribution is 2.31. The third kappa shape index (κ3) is 2.73. The van der Waals surface area contributed by atoms with E-state index in [1.807, 2.05) is 44.2 Å². The zero-order valence-electron chi connectivity index (χ0n) is 10.9. The highest BCUT2D eigenvalue weighted by atomic mass is 16.5. The average molecular weight is 245 g/mol. The van der Waals surface area contributed by atoms with E-state index < -0.39 is 0 Å². The van der Waals surface area contributed by atoms with E-state index in [1.54, 1.807) is 0 Å². The monoisotopic (exact) mass is 245 g/mol. The van der Waals surface area contributed by atoms with Gasteiger partial charge in [-0.15, -0.1) is 0 Å². The molecular formula is C15H19NO2. The molecule has 0 radical (unpaired) electrons. The van der Waals surface area contributed by atoms with Crippen LogP contribution in [0.5, 0.6) is 5.75 Å². The Hall–Kier alpha value is -1.77. The lowest BCUT2D eigenvalue weighted by Crippen LogP contribution is -2.32. The zero-order valence-corrected chi connectivity index (χ0v) is 10.9. The molecule has 1 aliphatic rings. The van der Waals surface area contributed by atoms with Crippen molar-refractivity contribution in [3.05, 3.63) is 41.5 Å². The van der Waals surface area contributed by atoms with Crippen LogP contribution in [0.3, 0.4) is 0 Å². The number of hydrogen-bond donors (Lipinski definition) is 1. The molecule has 1 aromatic rings. The molecule has 1 N–H and O–H groups in total. The molecule has 1 aliphatic heterocycles. The number of carbonyl (C=O) groups excluding carboxylic acids is 1. The number of para-hydroxylation sites is 1. The molecule has 0 spiro atoms. The van der Waals surface area contributed by atoms with Gasteiger partial charge in [-0.2, -0.15) is 0 Å². The largest absolute Gasteiger partial charge is 0.493 e. The first-order valence-corrected chi connectivity index (χ1v) is 6.41. The molecular weight excluding hydrogens is 226 g/mol. The maximum absolute atomic E-state index is 12.0. The Morgan fingerprint density at radius 3 is 3.06 bits per heavy atom. The van der Waals surface area contributed by atoms with Gasteiger partial charge in [-0.1, -0.05) is 31.2 Å². The average Bonchev–Trinajstić information content (AvgIpc) is 2.39. The molecule has 1 aromatic carbocycles. The fraction of sp³-hybridized carbons (Fsp3) is 0.400. The minimum absolute atomic E-state index is 0.0125. The third-order valence-electron chi connectivity index (χ3n) is 3.13. The first kappa shape index (κ1) is 12.7. The van der Waals surface area contributed by atoms with Crippen LogP contribution >= 0.6 is 0 Å². The van der Waals surface area contributed by atoms with Crippen LogP contribution in [-0.2, 0) is 4.79 Å². The van der Waals surface area contributed by atoms with Crippen LogP contribution in [-0.4, -0.2) is 12.5 Å². The number of benzene rings is 1. The summed E-state index contributed by atoms with van der Waals surface area (Å²) >= 11 is 0. The summed E-state index contributed by atoms with van der Waals surface area (Å²) in [7, 11) is 0. The van der Waals surface area contributed by atoms with E-state index in [2.05, 4.69) is 5.32 Å².